The van der Waals surface area contributed by atoms with Crippen LogP contribution in [-0.4, -0.2) is 15.8 Å². The standard InChI is InChI=1S/C15H27N3/c1-4-13(3)18-10-9-14(17-18)11-16-15-8-6-5-7-12(15)2/h9-10,12-13,15-16H,4-8,11H2,1-3H3. The Kier molecular flexibility index (Phi) is 4.81. The molecule has 0 radical (unpaired) electrons. The largest absolute Gasteiger partial charge is 0.308 e. The van der Waals surface area contributed by atoms with Gasteiger partial charge < -0.3 is 5.32 Å². The summed E-state index contributed by atoms with van der Waals surface area (Å²) in [6.07, 6.45) is 8.72. The summed E-state index contributed by atoms with van der Waals surface area (Å²) in [4.78, 5) is 0. The Bertz CT molecular complexity index is 358. The van der Waals surface area contributed by atoms with E-state index in [-0.39, 0.29) is 0 Å². The van der Waals surface area contributed by atoms with Crippen LogP contribution in [-0.2, 0) is 6.54 Å². The Morgan fingerprint density at radius 3 is 2.94 bits per heavy atom. The van der Waals surface area contributed by atoms with Gasteiger partial charge in [0.25, 0.3) is 0 Å². The molecule has 0 spiro atoms. The van der Waals surface area contributed by atoms with E-state index >= 15 is 0 Å². The van der Waals surface area contributed by atoms with E-state index in [4.69, 9.17) is 0 Å². The number of nitrogens with one attached hydrogen (secondary N) is 1. The molecule has 1 fully saturated rings. The molecule has 0 amide bonds. The summed E-state index contributed by atoms with van der Waals surface area (Å²) < 4.78 is 2.08. The molecule has 2 rings (SSSR count). The molecule has 1 aliphatic carbocycles. The van der Waals surface area contributed by atoms with Crippen molar-refractivity contribution in [1.29, 1.82) is 0 Å². The van der Waals surface area contributed by atoms with Crippen molar-refractivity contribution in [2.45, 2.75) is 71.5 Å². The first-order valence-electron chi connectivity index (χ1n) is 7.48. The molecule has 1 aliphatic rings. The van der Waals surface area contributed by atoms with Gasteiger partial charge >= 0.3 is 0 Å². The predicted octanol–water partition coefficient (Wildman–Crippen LogP) is 3.52. The second kappa shape index (κ2) is 6.37. The Balaban J connectivity index is 1.84. The molecule has 1 N–H and O–H groups in total. The van der Waals surface area contributed by atoms with Gasteiger partial charge in [-0.25, -0.2) is 0 Å². The first-order chi connectivity index (χ1) is 8.70. The number of rotatable bonds is 5. The maximum atomic E-state index is 4.64. The first kappa shape index (κ1) is 13.6. The molecule has 102 valence electrons. The van der Waals surface area contributed by atoms with Crippen LogP contribution in [0.2, 0.25) is 0 Å². The maximum Gasteiger partial charge on any atom is 0.0762 e. The molecule has 0 bridgehead atoms. The molecule has 3 heteroatoms. The number of aromatic nitrogens is 2. The van der Waals surface area contributed by atoms with Crippen molar-refractivity contribution in [2.75, 3.05) is 0 Å². The van der Waals surface area contributed by atoms with E-state index in [0.717, 1.165) is 18.9 Å². The average molecular weight is 249 g/mol. The van der Waals surface area contributed by atoms with E-state index in [1.807, 2.05) is 0 Å². The molecular formula is C15H27N3. The van der Waals surface area contributed by atoms with Gasteiger partial charge in [0.05, 0.1) is 5.69 Å². The van der Waals surface area contributed by atoms with E-state index in [1.54, 1.807) is 0 Å². The molecule has 18 heavy (non-hydrogen) atoms. The van der Waals surface area contributed by atoms with E-state index in [2.05, 4.69) is 48.1 Å². The molecule has 0 saturated heterocycles. The third kappa shape index (κ3) is 3.35. The van der Waals surface area contributed by atoms with Crippen LogP contribution in [0.3, 0.4) is 0 Å². The Morgan fingerprint density at radius 2 is 2.22 bits per heavy atom. The minimum Gasteiger partial charge on any atom is -0.308 e. The van der Waals surface area contributed by atoms with Crippen LogP contribution < -0.4 is 5.32 Å². The lowest BCUT2D eigenvalue weighted by atomic mass is 9.86. The van der Waals surface area contributed by atoms with Gasteiger partial charge in [-0.3, -0.25) is 4.68 Å². The number of hydrogen-bond acceptors (Lipinski definition) is 2. The summed E-state index contributed by atoms with van der Waals surface area (Å²) in [6.45, 7) is 7.70. The van der Waals surface area contributed by atoms with Crippen molar-refractivity contribution in [3.05, 3.63) is 18.0 Å². The van der Waals surface area contributed by atoms with Gasteiger partial charge in [0.15, 0.2) is 0 Å². The normalized spacial score (nSPS) is 26.2. The highest BCUT2D eigenvalue weighted by molar-refractivity contribution is 5.00. The first-order valence-corrected chi connectivity index (χ1v) is 7.48. The molecule has 3 nitrogen and oxygen atoms in total. The van der Waals surface area contributed by atoms with Crippen LogP contribution in [0.1, 0.15) is 64.6 Å². The molecule has 3 unspecified atom stereocenters. The van der Waals surface area contributed by atoms with Crippen molar-refractivity contribution in [2.24, 2.45) is 5.92 Å². The lowest BCUT2D eigenvalue weighted by Crippen LogP contribution is -2.36. The second-order valence-corrected chi connectivity index (χ2v) is 5.79. The SMILES string of the molecule is CCC(C)n1ccc(CNC2CCCCC2C)n1. The summed E-state index contributed by atoms with van der Waals surface area (Å²) in [6, 6.07) is 3.34. The summed E-state index contributed by atoms with van der Waals surface area (Å²) in [7, 11) is 0. The molecule has 1 saturated carbocycles. The minimum absolute atomic E-state index is 0.507. The van der Waals surface area contributed by atoms with Crippen molar-refractivity contribution >= 4 is 0 Å². The van der Waals surface area contributed by atoms with Gasteiger partial charge in [-0.1, -0.05) is 26.7 Å². The van der Waals surface area contributed by atoms with Gasteiger partial charge in [0.2, 0.25) is 0 Å². The molecule has 0 aliphatic heterocycles. The summed E-state index contributed by atoms with van der Waals surface area (Å²) in [5, 5.41) is 8.33. The molecule has 1 heterocycles. The average Bonchev–Trinajstić information content (AvgIpc) is 2.86. The third-order valence-corrected chi connectivity index (χ3v) is 4.36. The fourth-order valence-electron chi connectivity index (χ4n) is 2.76. The lowest BCUT2D eigenvalue weighted by Gasteiger charge is -2.29. The smallest absolute Gasteiger partial charge is 0.0762 e. The van der Waals surface area contributed by atoms with Crippen molar-refractivity contribution in [1.82, 2.24) is 15.1 Å². The topological polar surface area (TPSA) is 29.9 Å². The fraction of sp³-hybridized carbons (Fsp3) is 0.800. The van der Waals surface area contributed by atoms with Gasteiger partial charge in [-0.2, -0.15) is 5.10 Å². The summed E-state index contributed by atoms with van der Waals surface area (Å²) in [5.74, 6) is 0.815. The molecule has 1 aromatic rings. The zero-order chi connectivity index (χ0) is 13.0. The number of nitrogens with zero attached hydrogens (tertiary/aromatic N) is 2. The van der Waals surface area contributed by atoms with E-state index in [9.17, 15) is 0 Å². The number of hydrogen-bond donors (Lipinski definition) is 1. The van der Waals surface area contributed by atoms with E-state index in [0.29, 0.717) is 12.1 Å². The van der Waals surface area contributed by atoms with Crippen molar-refractivity contribution in [3.63, 3.8) is 0 Å². The lowest BCUT2D eigenvalue weighted by molar-refractivity contribution is 0.278. The van der Waals surface area contributed by atoms with Crippen LogP contribution in [0, 0.1) is 5.92 Å². The Morgan fingerprint density at radius 1 is 1.44 bits per heavy atom. The van der Waals surface area contributed by atoms with Crippen LogP contribution in [0.15, 0.2) is 12.3 Å². The highest BCUT2D eigenvalue weighted by Gasteiger charge is 2.20. The fourth-order valence-corrected chi connectivity index (χ4v) is 2.76. The van der Waals surface area contributed by atoms with Crippen molar-refractivity contribution < 1.29 is 0 Å². The van der Waals surface area contributed by atoms with E-state index < -0.39 is 0 Å². The van der Waals surface area contributed by atoms with Gasteiger partial charge in [-0.15, -0.1) is 0 Å². The third-order valence-electron chi connectivity index (χ3n) is 4.36. The summed E-state index contributed by atoms with van der Waals surface area (Å²) in [5.41, 5.74) is 1.17. The zero-order valence-corrected chi connectivity index (χ0v) is 12.0. The van der Waals surface area contributed by atoms with Crippen LogP contribution in [0.25, 0.3) is 0 Å². The maximum absolute atomic E-state index is 4.64. The quantitative estimate of drug-likeness (QED) is 0.865. The van der Waals surface area contributed by atoms with E-state index in [1.165, 1.54) is 31.4 Å². The second-order valence-electron chi connectivity index (χ2n) is 5.79. The molecular weight excluding hydrogens is 222 g/mol. The molecule has 1 aromatic heterocycles. The monoisotopic (exact) mass is 249 g/mol. The van der Waals surface area contributed by atoms with Crippen LogP contribution in [0.4, 0.5) is 0 Å². The van der Waals surface area contributed by atoms with Gasteiger partial charge in [-0.05, 0) is 38.2 Å². The Labute approximate surface area is 111 Å². The van der Waals surface area contributed by atoms with Crippen LogP contribution >= 0.6 is 0 Å². The van der Waals surface area contributed by atoms with Crippen LogP contribution in [0.5, 0.6) is 0 Å². The van der Waals surface area contributed by atoms with Crippen molar-refractivity contribution in [3.8, 4) is 0 Å². The van der Waals surface area contributed by atoms with Gasteiger partial charge in [0.1, 0.15) is 0 Å². The Hall–Kier alpha value is -0.830. The molecule has 0 aromatic carbocycles. The highest BCUT2D eigenvalue weighted by Crippen LogP contribution is 2.23. The summed E-state index contributed by atoms with van der Waals surface area (Å²) >= 11 is 0. The molecule has 3 atom stereocenters. The predicted molar refractivity (Wildman–Crippen MR) is 75.5 cm³/mol. The minimum atomic E-state index is 0.507. The van der Waals surface area contributed by atoms with Gasteiger partial charge in [0, 0.05) is 24.8 Å². The highest BCUT2D eigenvalue weighted by atomic mass is 15.3. The zero-order valence-electron chi connectivity index (χ0n) is 12.0.